The summed E-state index contributed by atoms with van der Waals surface area (Å²) in [6.45, 7) is -0.0767. The fraction of sp³-hybridized carbons (Fsp3) is 0.733. The molecule has 0 aromatic heterocycles. The Kier molecular flexibility index (Phi) is 2.26. The predicted octanol–water partition coefficient (Wildman–Crippen LogP) is 1.10. The molecule has 4 aliphatic rings. The summed E-state index contributed by atoms with van der Waals surface area (Å²) in [4.78, 5) is 26.9. The Morgan fingerprint density at radius 2 is 1.63 bits per heavy atom. The molecule has 0 spiro atoms. The number of aliphatic hydroxyl groups excluding tert-OH is 1. The zero-order chi connectivity index (χ0) is 13.2. The van der Waals surface area contributed by atoms with E-state index in [-0.39, 0.29) is 42.1 Å². The van der Waals surface area contributed by atoms with Crippen LogP contribution in [0, 0.1) is 23.7 Å². The van der Waals surface area contributed by atoms with Crippen molar-refractivity contribution in [1.82, 2.24) is 4.90 Å². The third-order valence-corrected chi connectivity index (χ3v) is 5.77. The lowest BCUT2D eigenvalue weighted by molar-refractivity contribution is -0.150. The number of imide groups is 1. The van der Waals surface area contributed by atoms with Gasteiger partial charge in [-0.25, -0.2) is 0 Å². The van der Waals surface area contributed by atoms with Crippen LogP contribution in [0.2, 0.25) is 0 Å². The molecule has 0 aromatic rings. The van der Waals surface area contributed by atoms with Gasteiger partial charge in [0.1, 0.15) is 0 Å². The highest BCUT2D eigenvalue weighted by Crippen LogP contribution is 2.54. The van der Waals surface area contributed by atoms with Gasteiger partial charge in [-0.05, 0) is 31.1 Å². The van der Waals surface area contributed by atoms with Crippen LogP contribution in [0.15, 0.2) is 12.2 Å². The molecular formula is C15H19NO3. The molecule has 4 nitrogen and oxygen atoms in total. The van der Waals surface area contributed by atoms with Crippen molar-refractivity contribution in [3.8, 4) is 0 Å². The molecular weight excluding hydrogens is 242 g/mol. The summed E-state index contributed by atoms with van der Waals surface area (Å²) in [5.74, 6) is 0.228. The van der Waals surface area contributed by atoms with Crippen molar-refractivity contribution in [2.75, 3.05) is 6.61 Å². The smallest absolute Gasteiger partial charge is 0.234 e. The lowest BCUT2D eigenvalue weighted by atomic mass is 9.85. The predicted molar refractivity (Wildman–Crippen MR) is 67.9 cm³/mol. The maximum atomic E-state index is 12.7. The van der Waals surface area contributed by atoms with E-state index < -0.39 is 5.54 Å². The molecule has 4 unspecified atom stereocenters. The Bertz CT molecular complexity index is 448. The first kappa shape index (κ1) is 11.6. The largest absolute Gasteiger partial charge is 0.394 e. The number of hydrogen-bond donors (Lipinski definition) is 1. The normalized spacial score (nSPS) is 42.5. The second kappa shape index (κ2) is 3.69. The van der Waals surface area contributed by atoms with E-state index in [0.29, 0.717) is 0 Å². The van der Waals surface area contributed by atoms with Gasteiger partial charge >= 0.3 is 0 Å². The first-order valence-corrected chi connectivity index (χ1v) is 7.35. The van der Waals surface area contributed by atoms with E-state index >= 15 is 0 Å². The molecule has 2 saturated carbocycles. The third kappa shape index (κ3) is 1.28. The zero-order valence-electron chi connectivity index (χ0n) is 10.9. The highest BCUT2D eigenvalue weighted by atomic mass is 16.3. The Hall–Kier alpha value is -1.16. The van der Waals surface area contributed by atoms with Gasteiger partial charge < -0.3 is 5.11 Å². The minimum absolute atomic E-state index is 0.0113. The molecule has 2 bridgehead atoms. The third-order valence-electron chi connectivity index (χ3n) is 5.77. The number of rotatable bonds is 2. The van der Waals surface area contributed by atoms with Crippen LogP contribution in [0.1, 0.15) is 32.1 Å². The molecule has 4 rings (SSSR count). The molecule has 0 radical (unpaired) electrons. The molecule has 1 aliphatic heterocycles. The first-order chi connectivity index (χ1) is 9.18. The standard InChI is InChI=1S/C15H19NO3/c17-8-15(5-1-2-6-15)16-13(18)11-9-3-4-10(7-9)12(11)14(16)19/h3-4,9-12,17H,1-2,5-8H2. The van der Waals surface area contributed by atoms with Crippen molar-refractivity contribution < 1.29 is 14.7 Å². The molecule has 4 heteroatoms. The highest BCUT2D eigenvalue weighted by Gasteiger charge is 2.63. The molecule has 4 atom stereocenters. The van der Waals surface area contributed by atoms with Crippen molar-refractivity contribution in [2.24, 2.45) is 23.7 Å². The first-order valence-electron chi connectivity index (χ1n) is 7.35. The minimum atomic E-state index is -0.585. The lowest BCUT2D eigenvalue weighted by Crippen LogP contribution is -2.53. The van der Waals surface area contributed by atoms with Crippen LogP contribution < -0.4 is 0 Å². The minimum Gasteiger partial charge on any atom is -0.394 e. The van der Waals surface area contributed by atoms with Crippen LogP contribution in [-0.2, 0) is 9.59 Å². The van der Waals surface area contributed by atoms with Crippen molar-refractivity contribution in [3.63, 3.8) is 0 Å². The molecule has 1 saturated heterocycles. The van der Waals surface area contributed by atoms with Crippen LogP contribution in [0.5, 0.6) is 0 Å². The molecule has 3 aliphatic carbocycles. The van der Waals surface area contributed by atoms with Crippen LogP contribution in [-0.4, -0.2) is 34.0 Å². The summed E-state index contributed by atoms with van der Waals surface area (Å²) >= 11 is 0. The lowest BCUT2D eigenvalue weighted by Gasteiger charge is -2.36. The van der Waals surface area contributed by atoms with E-state index in [4.69, 9.17) is 0 Å². The molecule has 1 N–H and O–H groups in total. The van der Waals surface area contributed by atoms with Crippen LogP contribution >= 0.6 is 0 Å². The molecule has 3 fully saturated rings. The summed E-state index contributed by atoms with van der Waals surface area (Å²) in [6.07, 6.45) is 8.72. The summed E-state index contributed by atoms with van der Waals surface area (Å²) in [6, 6.07) is 0. The van der Waals surface area contributed by atoms with Gasteiger partial charge in [-0.1, -0.05) is 25.0 Å². The second-order valence-electron chi connectivity index (χ2n) is 6.60. The van der Waals surface area contributed by atoms with Crippen LogP contribution in [0.3, 0.4) is 0 Å². The van der Waals surface area contributed by atoms with Crippen LogP contribution in [0.25, 0.3) is 0 Å². The zero-order valence-corrected chi connectivity index (χ0v) is 10.9. The number of likely N-dealkylation sites (tertiary alicyclic amines) is 1. The van der Waals surface area contributed by atoms with Gasteiger partial charge in [0, 0.05) is 0 Å². The number of amides is 2. The van der Waals surface area contributed by atoms with Gasteiger partial charge in [0.2, 0.25) is 11.8 Å². The fourth-order valence-corrected chi connectivity index (χ4v) is 4.86. The number of allylic oxidation sites excluding steroid dienone is 2. The summed E-state index contributed by atoms with van der Waals surface area (Å²) < 4.78 is 0. The van der Waals surface area contributed by atoms with E-state index in [0.717, 1.165) is 32.1 Å². The number of hydrogen-bond acceptors (Lipinski definition) is 3. The Labute approximate surface area is 112 Å². The average molecular weight is 261 g/mol. The fourth-order valence-electron chi connectivity index (χ4n) is 4.86. The van der Waals surface area contributed by atoms with E-state index in [1.807, 2.05) is 0 Å². The van der Waals surface area contributed by atoms with Crippen LogP contribution in [0.4, 0.5) is 0 Å². The number of carbonyl (C=O) groups is 2. The van der Waals surface area contributed by atoms with Crippen molar-refractivity contribution in [3.05, 3.63) is 12.2 Å². The molecule has 2 amide bonds. The number of nitrogens with zero attached hydrogens (tertiary/aromatic N) is 1. The van der Waals surface area contributed by atoms with Gasteiger partial charge in [0.25, 0.3) is 0 Å². The molecule has 19 heavy (non-hydrogen) atoms. The topological polar surface area (TPSA) is 57.6 Å². The Morgan fingerprint density at radius 3 is 2.11 bits per heavy atom. The number of fused-ring (bicyclic) bond motifs is 5. The summed E-state index contributed by atoms with van der Waals surface area (Å²) in [7, 11) is 0. The van der Waals surface area contributed by atoms with Crippen molar-refractivity contribution >= 4 is 11.8 Å². The van der Waals surface area contributed by atoms with Gasteiger partial charge in [-0.2, -0.15) is 0 Å². The van der Waals surface area contributed by atoms with Gasteiger partial charge in [-0.3, -0.25) is 14.5 Å². The van der Waals surface area contributed by atoms with E-state index in [2.05, 4.69) is 12.2 Å². The molecule has 0 aromatic carbocycles. The van der Waals surface area contributed by atoms with E-state index in [9.17, 15) is 14.7 Å². The van der Waals surface area contributed by atoms with Crippen molar-refractivity contribution in [2.45, 2.75) is 37.6 Å². The highest BCUT2D eigenvalue weighted by molar-refractivity contribution is 6.07. The number of carbonyl (C=O) groups excluding carboxylic acids is 2. The quantitative estimate of drug-likeness (QED) is 0.598. The van der Waals surface area contributed by atoms with Gasteiger partial charge in [-0.15, -0.1) is 0 Å². The summed E-state index contributed by atoms with van der Waals surface area (Å²) in [5.41, 5.74) is -0.585. The average Bonchev–Trinajstić information content (AvgIpc) is 3.14. The number of aliphatic hydroxyl groups is 1. The maximum absolute atomic E-state index is 12.7. The van der Waals surface area contributed by atoms with E-state index in [1.54, 1.807) is 0 Å². The Morgan fingerprint density at radius 1 is 1.11 bits per heavy atom. The SMILES string of the molecule is O=C1C2C3C=CC(C3)C2C(=O)N1C1(CO)CCCC1. The molecule has 102 valence electrons. The van der Waals surface area contributed by atoms with E-state index in [1.165, 1.54) is 4.90 Å². The van der Waals surface area contributed by atoms with Crippen molar-refractivity contribution in [1.29, 1.82) is 0 Å². The summed E-state index contributed by atoms with van der Waals surface area (Å²) in [5, 5.41) is 9.76. The monoisotopic (exact) mass is 261 g/mol. The maximum Gasteiger partial charge on any atom is 0.234 e. The Balaban J connectivity index is 1.72. The molecule has 1 heterocycles. The van der Waals surface area contributed by atoms with Gasteiger partial charge in [0.05, 0.1) is 24.0 Å². The van der Waals surface area contributed by atoms with Gasteiger partial charge in [0.15, 0.2) is 0 Å². The second-order valence-corrected chi connectivity index (χ2v) is 6.60.